The van der Waals surface area contributed by atoms with Gasteiger partial charge >= 0.3 is 0 Å². The molecule has 6 nitrogen and oxygen atoms in total. The fourth-order valence-electron chi connectivity index (χ4n) is 3.64. The minimum Gasteiger partial charge on any atom is -0.387 e. The van der Waals surface area contributed by atoms with Crippen LogP contribution in [0.3, 0.4) is 0 Å². The zero-order chi connectivity index (χ0) is 22.5. The zero-order valence-electron chi connectivity index (χ0n) is 18.2. The Morgan fingerprint density at radius 2 is 1.61 bits per heavy atom. The molecule has 0 N–H and O–H groups in total. The van der Waals surface area contributed by atoms with Gasteiger partial charge in [-0.05, 0) is 23.6 Å². The number of nitrogens with zero attached hydrogens (tertiary/aromatic N) is 5. The van der Waals surface area contributed by atoms with Gasteiger partial charge in [0, 0.05) is 11.7 Å². The minimum absolute atomic E-state index is 0.180. The van der Waals surface area contributed by atoms with E-state index in [1.807, 2.05) is 61.5 Å². The van der Waals surface area contributed by atoms with Crippen LogP contribution in [0.15, 0.2) is 106 Å². The zero-order valence-corrected chi connectivity index (χ0v) is 19.0. The Kier molecular flexibility index (Phi) is 6.30. The maximum absolute atomic E-state index is 5.64. The van der Waals surface area contributed by atoms with Gasteiger partial charge in [0.15, 0.2) is 12.4 Å². The molecule has 1 aliphatic rings. The topological polar surface area (TPSA) is 64.7 Å². The molecular formula is C26H23N5OS. The van der Waals surface area contributed by atoms with Crippen LogP contribution in [0.2, 0.25) is 0 Å². The van der Waals surface area contributed by atoms with Gasteiger partial charge in [0.1, 0.15) is 0 Å². The first kappa shape index (κ1) is 21.2. The number of rotatable bonds is 6. The summed E-state index contributed by atoms with van der Waals surface area (Å²) in [6.07, 6.45) is 0.785. The van der Waals surface area contributed by atoms with E-state index < -0.39 is 0 Å². The average molecular weight is 454 g/mol. The molecule has 0 aliphatic carbocycles. The van der Waals surface area contributed by atoms with Gasteiger partial charge in [0.25, 0.3) is 0 Å². The molecule has 0 spiro atoms. The maximum atomic E-state index is 5.64. The second kappa shape index (κ2) is 9.83. The van der Waals surface area contributed by atoms with Crippen molar-refractivity contribution in [2.75, 3.05) is 0 Å². The number of aromatic nitrogens is 3. The van der Waals surface area contributed by atoms with Crippen LogP contribution in [-0.2, 0) is 11.4 Å². The first-order valence-corrected chi connectivity index (χ1v) is 11.7. The molecule has 0 amide bonds. The molecule has 0 bridgehead atoms. The van der Waals surface area contributed by atoms with Gasteiger partial charge in [-0.3, -0.25) is 0 Å². The molecule has 164 valence electrons. The van der Waals surface area contributed by atoms with Crippen molar-refractivity contribution in [3.63, 3.8) is 0 Å². The van der Waals surface area contributed by atoms with Crippen molar-refractivity contribution in [2.24, 2.45) is 10.3 Å². The first-order valence-electron chi connectivity index (χ1n) is 10.8. The molecule has 0 saturated carbocycles. The van der Waals surface area contributed by atoms with Gasteiger partial charge in [-0.25, -0.2) is 0 Å². The third-order valence-electron chi connectivity index (χ3n) is 5.39. The highest BCUT2D eigenvalue weighted by atomic mass is 32.2. The molecule has 4 aromatic rings. The van der Waals surface area contributed by atoms with E-state index >= 15 is 0 Å². The molecule has 0 radical (unpaired) electrons. The Bertz CT molecular complexity index is 1270. The van der Waals surface area contributed by atoms with Gasteiger partial charge in [-0.1, -0.05) is 108 Å². The number of oxime groups is 1. The van der Waals surface area contributed by atoms with Crippen LogP contribution in [0, 0.1) is 0 Å². The number of hydrogen-bond donors (Lipinski definition) is 0. The number of fused-ring (bicyclic) bond motifs is 1. The van der Waals surface area contributed by atoms with Crippen molar-refractivity contribution in [2.45, 2.75) is 30.4 Å². The van der Waals surface area contributed by atoms with Crippen molar-refractivity contribution in [1.82, 2.24) is 14.9 Å². The van der Waals surface area contributed by atoms with E-state index in [9.17, 15) is 0 Å². The summed E-state index contributed by atoms with van der Waals surface area (Å²) in [6.45, 7) is 2.10. The highest BCUT2D eigenvalue weighted by Crippen LogP contribution is 2.40. The second-order valence-corrected chi connectivity index (χ2v) is 8.83. The van der Waals surface area contributed by atoms with E-state index in [-0.39, 0.29) is 11.9 Å². The summed E-state index contributed by atoms with van der Waals surface area (Å²) in [4.78, 5) is 5.64. The third-order valence-corrected chi connectivity index (χ3v) is 6.58. The SMILES string of the molecule is C/C(=N\OCc1nnc2n1N=C(c1ccccc1)CC(c1ccccc1)S2)c1ccccc1. The Morgan fingerprint density at radius 3 is 2.33 bits per heavy atom. The van der Waals surface area contributed by atoms with Gasteiger partial charge in [0.2, 0.25) is 5.16 Å². The lowest BCUT2D eigenvalue weighted by molar-refractivity contribution is 0.122. The Hall–Kier alpha value is -3.71. The lowest BCUT2D eigenvalue weighted by Gasteiger charge is -2.14. The molecule has 33 heavy (non-hydrogen) atoms. The third kappa shape index (κ3) is 4.88. The summed E-state index contributed by atoms with van der Waals surface area (Å²) in [5.41, 5.74) is 5.14. The van der Waals surface area contributed by atoms with Crippen LogP contribution < -0.4 is 0 Å². The fraction of sp³-hybridized carbons (Fsp3) is 0.154. The van der Waals surface area contributed by atoms with Gasteiger partial charge in [-0.15, -0.1) is 10.2 Å². The highest BCUT2D eigenvalue weighted by molar-refractivity contribution is 7.99. The summed E-state index contributed by atoms with van der Waals surface area (Å²) in [5, 5.41) is 18.9. The lowest BCUT2D eigenvalue weighted by Crippen LogP contribution is -2.08. The van der Waals surface area contributed by atoms with Gasteiger partial charge in [0.05, 0.1) is 11.4 Å². The van der Waals surface area contributed by atoms with E-state index in [1.54, 1.807) is 16.4 Å². The maximum Gasteiger partial charge on any atom is 0.212 e. The van der Waals surface area contributed by atoms with Crippen molar-refractivity contribution < 1.29 is 4.84 Å². The molecule has 2 heterocycles. The van der Waals surface area contributed by atoms with Crippen LogP contribution in [0.5, 0.6) is 0 Å². The number of thioether (sulfide) groups is 1. The first-order chi connectivity index (χ1) is 16.3. The van der Waals surface area contributed by atoms with Crippen LogP contribution >= 0.6 is 11.8 Å². The number of benzene rings is 3. The molecule has 7 heteroatoms. The molecule has 0 fully saturated rings. The van der Waals surface area contributed by atoms with Crippen LogP contribution in [0.25, 0.3) is 0 Å². The highest BCUT2D eigenvalue weighted by Gasteiger charge is 2.26. The summed E-state index contributed by atoms with van der Waals surface area (Å²) >= 11 is 1.67. The largest absolute Gasteiger partial charge is 0.387 e. The summed E-state index contributed by atoms with van der Waals surface area (Å²) in [7, 11) is 0. The van der Waals surface area contributed by atoms with E-state index in [2.05, 4.69) is 51.8 Å². The quantitative estimate of drug-likeness (QED) is 0.277. The molecule has 1 unspecified atom stereocenters. The Balaban J connectivity index is 1.44. The van der Waals surface area contributed by atoms with Crippen molar-refractivity contribution in [3.8, 4) is 0 Å². The minimum atomic E-state index is 0.180. The molecule has 3 aromatic carbocycles. The smallest absolute Gasteiger partial charge is 0.212 e. The Morgan fingerprint density at radius 1 is 0.939 bits per heavy atom. The normalized spacial score (nSPS) is 16.0. The predicted octanol–water partition coefficient (Wildman–Crippen LogP) is 5.71. The van der Waals surface area contributed by atoms with Crippen LogP contribution in [0.1, 0.15) is 41.1 Å². The Labute approximate surface area is 197 Å². The van der Waals surface area contributed by atoms with E-state index in [0.717, 1.165) is 34.1 Å². The summed E-state index contributed by atoms with van der Waals surface area (Å²) < 4.78 is 1.79. The molecule has 1 aromatic heterocycles. The molecule has 1 aliphatic heterocycles. The van der Waals surface area contributed by atoms with E-state index in [1.165, 1.54) is 5.56 Å². The second-order valence-electron chi connectivity index (χ2n) is 7.66. The van der Waals surface area contributed by atoms with Crippen LogP contribution in [-0.4, -0.2) is 26.3 Å². The summed E-state index contributed by atoms with van der Waals surface area (Å²) in [6, 6.07) is 30.7. The predicted molar refractivity (Wildman–Crippen MR) is 131 cm³/mol. The lowest BCUT2D eigenvalue weighted by atomic mass is 10.0. The van der Waals surface area contributed by atoms with Crippen molar-refractivity contribution in [1.29, 1.82) is 0 Å². The van der Waals surface area contributed by atoms with E-state index in [0.29, 0.717) is 5.82 Å². The van der Waals surface area contributed by atoms with Crippen molar-refractivity contribution >= 4 is 23.2 Å². The molecule has 1 atom stereocenters. The standard InChI is InChI=1S/C26H23N5OS/c1-19(20-11-5-2-6-12-20)30-32-18-25-27-28-26-31(25)29-23(21-13-7-3-8-14-21)17-24(33-26)22-15-9-4-10-16-22/h2-16,24H,17-18H2,1H3/b30-19+. The fourth-order valence-corrected chi connectivity index (χ4v) is 4.77. The molecule has 0 saturated heterocycles. The summed E-state index contributed by atoms with van der Waals surface area (Å²) in [5.74, 6) is 0.615. The van der Waals surface area contributed by atoms with Crippen molar-refractivity contribution in [3.05, 3.63) is 114 Å². The number of hydrogen-bond acceptors (Lipinski definition) is 6. The average Bonchev–Trinajstić information content (AvgIpc) is 3.14. The van der Waals surface area contributed by atoms with E-state index in [4.69, 9.17) is 9.94 Å². The van der Waals surface area contributed by atoms with Gasteiger partial charge in [-0.2, -0.15) is 9.78 Å². The van der Waals surface area contributed by atoms with Gasteiger partial charge < -0.3 is 4.84 Å². The van der Waals surface area contributed by atoms with Crippen LogP contribution in [0.4, 0.5) is 0 Å². The monoisotopic (exact) mass is 453 g/mol. The molecule has 5 rings (SSSR count). The molecular weight excluding hydrogens is 430 g/mol.